The zero-order chi connectivity index (χ0) is 17.3. The van der Waals surface area contributed by atoms with Gasteiger partial charge in [0.2, 0.25) is 5.91 Å². The van der Waals surface area contributed by atoms with Gasteiger partial charge in [-0.2, -0.15) is 0 Å². The van der Waals surface area contributed by atoms with E-state index >= 15 is 0 Å². The fraction of sp³-hybridized carbons (Fsp3) is 0.474. The number of amides is 2. The van der Waals surface area contributed by atoms with Gasteiger partial charge in [0.25, 0.3) is 5.91 Å². The largest absolute Gasteiger partial charge is 0.350 e. The van der Waals surface area contributed by atoms with Gasteiger partial charge in [-0.15, -0.1) is 0 Å². The molecule has 0 spiro atoms. The highest BCUT2D eigenvalue weighted by Crippen LogP contribution is 2.22. The summed E-state index contributed by atoms with van der Waals surface area (Å²) >= 11 is 0. The molecule has 1 saturated heterocycles. The molecule has 1 fully saturated rings. The van der Waals surface area contributed by atoms with Gasteiger partial charge in [0.15, 0.2) is 0 Å². The number of carbonyl (C=O) groups excluding carboxylic acids is 2. The summed E-state index contributed by atoms with van der Waals surface area (Å²) in [5, 5.41) is 0.990. The summed E-state index contributed by atoms with van der Waals surface area (Å²) < 4.78 is 2.00. The van der Waals surface area contributed by atoms with E-state index in [0.717, 1.165) is 29.4 Å². The lowest BCUT2D eigenvalue weighted by atomic mass is 10.1. The first-order valence-corrected chi connectivity index (χ1v) is 8.61. The smallest absolute Gasteiger partial charge is 0.256 e. The minimum absolute atomic E-state index is 0.00492. The number of para-hydroxylation sites is 1. The molecular formula is C19H25N3O2. The van der Waals surface area contributed by atoms with Crippen LogP contribution in [0.15, 0.2) is 30.5 Å². The van der Waals surface area contributed by atoms with E-state index in [1.165, 1.54) is 0 Å². The highest BCUT2D eigenvalue weighted by Gasteiger charge is 2.25. The van der Waals surface area contributed by atoms with Crippen LogP contribution in [0, 0.1) is 5.92 Å². The molecule has 0 atom stereocenters. The van der Waals surface area contributed by atoms with Crippen LogP contribution >= 0.6 is 0 Å². The van der Waals surface area contributed by atoms with Gasteiger partial charge in [-0.05, 0) is 12.5 Å². The molecule has 5 nitrogen and oxygen atoms in total. The Balaban J connectivity index is 1.79. The van der Waals surface area contributed by atoms with Crippen LogP contribution < -0.4 is 0 Å². The zero-order valence-corrected chi connectivity index (χ0v) is 14.7. The Bertz CT molecular complexity index is 763. The van der Waals surface area contributed by atoms with E-state index in [0.29, 0.717) is 19.6 Å². The molecule has 0 bridgehead atoms. The van der Waals surface area contributed by atoms with Crippen LogP contribution in [0.5, 0.6) is 0 Å². The number of aryl methyl sites for hydroxylation is 1. The van der Waals surface area contributed by atoms with Crippen molar-refractivity contribution in [2.24, 2.45) is 13.0 Å². The second-order valence-corrected chi connectivity index (χ2v) is 6.80. The molecule has 2 amide bonds. The second kappa shape index (κ2) is 6.67. The molecule has 1 aliphatic rings. The summed E-state index contributed by atoms with van der Waals surface area (Å²) in [6, 6.07) is 7.97. The van der Waals surface area contributed by atoms with Crippen molar-refractivity contribution in [3.8, 4) is 0 Å². The fourth-order valence-electron chi connectivity index (χ4n) is 3.39. The van der Waals surface area contributed by atoms with Crippen molar-refractivity contribution in [2.45, 2.75) is 20.3 Å². The summed E-state index contributed by atoms with van der Waals surface area (Å²) in [7, 11) is 1.96. The molecule has 5 heteroatoms. The summed E-state index contributed by atoms with van der Waals surface area (Å²) in [6.07, 6.45) is 2.74. The Morgan fingerprint density at radius 2 is 1.67 bits per heavy atom. The minimum atomic E-state index is 0.00492. The van der Waals surface area contributed by atoms with Gasteiger partial charge in [0.1, 0.15) is 0 Å². The number of hydrogen-bond acceptors (Lipinski definition) is 2. The molecule has 0 saturated carbocycles. The Kier molecular flexibility index (Phi) is 4.60. The minimum Gasteiger partial charge on any atom is -0.350 e. The Hall–Kier alpha value is -2.30. The highest BCUT2D eigenvalue weighted by atomic mass is 16.2. The first-order chi connectivity index (χ1) is 11.5. The zero-order valence-electron chi connectivity index (χ0n) is 14.7. The van der Waals surface area contributed by atoms with Crippen LogP contribution in [0.4, 0.5) is 0 Å². The van der Waals surface area contributed by atoms with Gasteiger partial charge in [-0.3, -0.25) is 9.59 Å². The number of aromatic nitrogens is 1. The second-order valence-electron chi connectivity index (χ2n) is 6.80. The lowest BCUT2D eigenvalue weighted by molar-refractivity contribution is -0.134. The number of nitrogens with zero attached hydrogens (tertiary/aromatic N) is 3. The summed E-state index contributed by atoms with van der Waals surface area (Å²) in [5.74, 6) is 0.241. The van der Waals surface area contributed by atoms with Crippen molar-refractivity contribution in [1.82, 2.24) is 14.4 Å². The number of benzene rings is 1. The third-order valence-electron chi connectivity index (χ3n) is 4.72. The number of carbonyl (C=O) groups is 2. The molecule has 0 aliphatic carbocycles. The quantitative estimate of drug-likeness (QED) is 0.851. The standard InChI is InChI=1S/C19H25N3O2/c1-14(2)18(23)21-9-6-10-22(12-11-21)19(24)16-13-20(3)17-8-5-4-7-15(16)17/h4-5,7-8,13-14H,6,9-12H2,1-3H3. The van der Waals surface area contributed by atoms with E-state index in [4.69, 9.17) is 0 Å². The van der Waals surface area contributed by atoms with Crippen molar-refractivity contribution in [1.29, 1.82) is 0 Å². The van der Waals surface area contributed by atoms with Crippen LogP contribution in [0.3, 0.4) is 0 Å². The monoisotopic (exact) mass is 327 g/mol. The van der Waals surface area contributed by atoms with Gasteiger partial charge < -0.3 is 14.4 Å². The van der Waals surface area contributed by atoms with Gasteiger partial charge in [-0.1, -0.05) is 32.0 Å². The van der Waals surface area contributed by atoms with Crippen LogP contribution in [0.1, 0.15) is 30.6 Å². The molecule has 1 aromatic heterocycles. The molecule has 0 N–H and O–H groups in total. The van der Waals surface area contributed by atoms with E-state index in [9.17, 15) is 9.59 Å². The molecule has 1 aliphatic heterocycles. The molecule has 0 radical (unpaired) electrons. The molecule has 128 valence electrons. The third kappa shape index (κ3) is 3.03. The molecular weight excluding hydrogens is 302 g/mol. The molecule has 1 aromatic carbocycles. The lowest BCUT2D eigenvalue weighted by Crippen LogP contribution is -2.38. The molecule has 0 unspecified atom stereocenters. The maximum Gasteiger partial charge on any atom is 0.256 e. The summed E-state index contributed by atoms with van der Waals surface area (Å²) in [5.41, 5.74) is 1.81. The SMILES string of the molecule is CC(C)C(=O)N1CCCN(C(=O)c2cn(C)c3ccccc23)CC1. The predicted molar refractivity (Wildman–Crippen MR) is 94.9 cm³/mol. The predicted octanol–water partition coefficient (Wildman–Crippen LogP) is 2.51. The number of rotatable bonds is 2. The van der Waals surface area contributed by atoms with Crippen LogP contribution in [-0.2, 0) is 11.8 Å². The van der Waals surface area contributed by atoms with Crippen LogP contribution in [0.25, 0.3) is 10.9 Å². The van der Waals surface area contributed by atoms with Crippen LogP contribution in [-0.4, -0.2) is 52.4 Å². The maximum atomic E-state index is 13.0. The van der Waals surface area contributed by atoms with Gasteiger partial charge in [-0.25, -0.2) is 0 Å². The van der Waals surface area contributed by atoms with Crippen molar-refractivity contribution in [2.75, 3.05) is 26.2 Å². The van der Waals surface area contributed by atoms with E-state index in [1.54, 1.807) is 0 Å². The maximum absolute atomic E-state index is 13.0. The first kappa shape index (κ1) is 16.6. The number of fused-ring (bicyclic) bond motifs is 1. The van der Waals surface area contributed by atoms with Crippen molar-refractivity contribution >= 4 is 22.7 Å². The summed E-state index contributed by atoms with van der Waals surface area (Å²) in [4.78, 5) is 29.0. The van der Waals surface area contributed by atoms with Gasteiger partial charge in [0.05, 0.1) is 5.56 Å². The van der Waals surface area contributed by atoms with Crippen molar-refractivity contribution in [3.05, 3.63) is 36.0 Å². The molecule has 3 rings (SSSR count). The Morgan fingerprint density at radius 1 is 1.00 bits per heavy atom. The van der Waals surface area contributed by atoms with E-state index in [1.807, 2.05) is 65.7 Å². The Morgan fingerprint density at radius 3 is 2.42 bits per heavy atom. The van der Waals surface area contributed by atoms with Crippen LogP contribution in [0.2, 0.25) is 0 Å². The third-order valence-corrected chi connectivity index (χ3v) is 4.72. The molecule has 24 heavy (non-hydrogen) atoms. The van der Waals surface area contributed by atoms with Gasteiger partial charge in [0, 0.05) is 56.2 Å². The molecule has 2 aromatic rings. The average Bonchev–Trinajstić information content (AvgIpc) is 2.75. The Labute approximate surface area is 142 Å². The lowest BCUT2D eigenvalue weighted by Gasteiger charge is -2.23. The normalized spacial score (nSPS) is 15.8. The van der Waals surface area contributed by atoms with Crippen molar-refractivity contribution < 1.29 is 9.59 Å². The summed E-state index contributed by atoms with van der Waals surface area (Å²) in [6.45, 7) is 6.49. The highest BCUT2D eigenvalue weighted by molar-refractivity contribution is 6.07. The molecule has 2 heterocycles. The van der Waals surface area contributed by atoms with E-state index in [-0.39, 0.29) is 17.7 Å². The fourth-order valence-corrected chi connectivity index (χ4v) is 3.39. The van der Waals surface area contributed by atoms with Gasteiger partial charge >= 0.3 is 0 Å². The van der Waals surface area contributed by atoms with Crippen molar-refractivity contribution in [3.63, 3.8) is 0 Å². The average molecular weight is 327 g/mol. The topological polar surface area (TPSA) is 45.6 Å². The first-order valence-electron chi connectivity index (χ1n) is 8.61. The van der Waals surface area contributed by atoms with E-state index in [2.05, 4.69) is 0 Å². The number of hydrogen-bond donors (Lipinski definition) is 0. The van der Waals surface area contributed by atoms with E-state index < -0.39 is 0 Å².